The first-order valence-electron chi connectivity index (χ1n) is 10.3. The fourth-order valence-corrected chi connectivity index (χ4v) is 4.22. The van der Waals surface area contributed by atoms with Gasteiger partial charge in [0.1, 0.15) is 23.5 Å². The zero-order valence-corrected chi connectivity index (χ0v) is 18.7. The first kappa shape index (κ1) is 22.7. The van der Waals surface area contributed by atoms with Crippen LogP contribution in [0, 0.1) is 23.5 Å². The highest BCUT2D eigenvalue weighted by Gasteiger charge is 2.22. The van der Waals surface area contributed by atoms with Gasteiger partial charge in [0.25, 0.3) is 0 Å². The molecule has 0 aliphatic carbocycles. The van der Waals surface area contributed by atoms with Crippen molar-refractivity contribution in [2.75, 3.05) is 5.32 Å². The summed E-state index contributed by atoms with van der Waals surface area (Å²) >= 11 is 6.40. The maximum atomic E-state index is 14.2. The summed E-state index contributed by atoms with van der Waals surface area (Å²) in [7, 11) is 0. The number of aromatic amines is 1. The fraction of sp³-hybridized carbons (Fsp3) is 0.0833. The Balaban J connectivity index is 1.73. The summed E-state index contributed by atoms with van der Waals surface area (Å²) in [6.45, 7) is 1.78. The van der Waals surface area contributed by atoms with E-state index in [9.17, 15) is 17.6 Å². The first-order chi connectivity index (χ1) is 16.8. The minimum absolute atomic E-state index is 0.0994. The molecule has 2 N–H and O–H groups in total. The van der Waals surface area contributed by atoms with E-state index in [0.717, 1.165) is 30.3 Å². The molecule has 1 unspecified atom stereocenters. The van der Waals surface area contributed by atoms with Gasteiger partial charge in [-0.2, -0.15) is 13.8 Å². The van der Waals surface area contributed by atoms with Gasteiger partial charge in [-0.15, -0.1) is 0 Å². The minimum atomic E-state index is -1.05. The van der Waals surface area contributed by atoms with E-state index in [0.29, 0.717) is 28.1 Å². The molecule has 1 atom stereocenters. The van der Waals surface area contributed by atoms with Gasteiger partial charge in [0.2, 0.25) is 11.9 Å². The Labute approximate surface area is 201 Å². The van der Waals surface area contributed by atoms with Gasteiger partial charge < -0.3 is 10.3 Å². The van der Waals surface area contributed by atoms with Crippen LogP contribution in [-0.2, 0) is 0 Å². The van der Waals surface area contributed by atoms with Crippen molar-refractivity contribution in [2.45, 2.75) is 13.0 Å². The standard InChI is InChI=1S/C24H15ClF4N6/c1-11(34-24-22-23(31-9-30-22)32-10-33-24)17-6-14(25)7-18(12-4-19(28)35-20(29)5-12)21(17)13-2-15(26)8-16(27)3-13/h2-11H,1H3,(H2,30,31,32,33,34). The Morgan fingerprint density at radius 1 is 0.857 bits per heavy atom. The monoisotopic (exact) mass is 498 g/mol. The summed E-state index contributed by atoms with van der Waals surface area (Å²) in [5.74, 6) is -3.32. The van der Waals surface area contributed by atoms with Gasteiger partial charge in [-0.1, -0.05) is 11.6 Å². The molecule has 0 aliphatic rings. The molecule has 11 heteroatoms. The number of rotatable bonds is 5. The third kappa shape index (κ3) is 4.52. The van der Waals surface area contributed by atoms with Crippen molar-refractivity contribution in [1.82, 2.24) is 24.9 Å². The molecule has 0 saturated carbocycles. The van der Waals surface area contributed by atoms with Crippen LogP contribution in [0.3, 0.4) is 0 Å². The van der Waals surface area contributed by atoms with Crippen molar-refractivity contribution in [2.24, 2.45) is 0 Å². The van der Waals surface area contributed by atoms with Gasteiger partial charge in [0.05, 0.1) is 12.4 Å². The zero-order valence-electron chi connectivity index (χ0n) is 18.0. The summed E-state index contributed by atoms with van der Waals surface area (Å²) in [5.41, 5.74) is 2.33. The molecule has 0 amide bonds. The quantitative estimate of drug-likeness (QED) is 0.214. The van der Waals surface area contributed by atoms with E-state index in [4.69, 9.17) is 11.6 Å². The molecule has 6 nitrogen and oxygen atoms in total. The largest absolute Gasteiger partial charge is 0.362 e. The molecule has 2 aromatic carbocycles. The van der Waals surface area contributed by atoms with Crippen LogP contribution in [0.4, 0.5) is 23.4 Å². The first-order valence-corrected chi connectivity index (χ1v) is 10.7. The molecule has 0 spiro atoms. The molecule has 0 fully saturated rings. The number of hydrogen-bond donors (Lipinski definition) is 2. The molecule has 0 saturated heterocycles. The second kappa shape index (κ2) is 8.95. The number of pyridine rings is 1. The number of H-pyrrole nitrogens is 1. The average Bonchev–Trinajstić information content (AvgIpc) is 3.27. The summed E-state index contributed by atoms with van der Waals surface area (Å²) in [6, 6.07) is 7.59. The van der Waals surface area contributed by atoms with Crippen LogP contribution in [0.1, 0.15) is 18.5 Å². The van der Waals surface area contributed by atoms with Crippen molar-refractivity contribution < 1.29 is 17.6 Å². The van der Waals surface area contributed by atoms with Gasteiger partial charge in [0.15, 0.2) is 11.5 Å². The number of aromatic nitrogens is 5. The lowest BCUT2D eigenvalue weighted by atomic mass is 9.88. The van der Waals surface area contributed by atoms with Crippen LogP contribution < -0.4 is 5.32 Å². The van der Waals surface area contributed by atoms with Crippen LogP contribution in [0.5, 0.6) is 0 Å². The molecule has 0 bridgehead atoms. The van der Waals surface area contributed by atoms with E-state index < -0.39 is 29.6 Å². The second-order valence-electron chi connectivity index (χ2n) is 7.77. The molecular formula is C24H15ClF4N6. The van der Waals surface area contributed by atoms with Gasteiger partial charge in [-0.25, -0.2) is 23.7 Å². The lowest BCUT2D eigenvalue weighted by molar-refractivity contribution is 0.513. The van der Waals surface area contributed by atoms with E-state index >= 15 is 0 Å². The zero-order chi connectivity index (χ0) is 24.7. The summed E-state index contributed by atoms with van der Waals surface area (Å²) in [6.07, 6.45) is 2.82. The molecule has 35 heavy (non-hydrogen) atoms. The van der Waals surface area contributed by atoms with Crippen molar-refractivity contribution >= 4 is 28.6 Å². The maximum absolute atomic E-state index is 14.2. The number of fused-ring (bicyclic) bond motifs is 1. The topological polar surface area (TPSA) is 79.4 Å². The van der Waals surface area contributed by atoms with Crippen LogP contribution in [0.2, 0.25) is 5.02 Å². The molecule has 3 heterocycles. The number of hydrogen-bond acceptors (Lipinski definition) is 5. The van der Waals surface area contributed by atoms with Crippen molar-refractivity contribution in [1.29, 1.82) is 0 Å². The average molecular weight is 499 g/mol. The molecule has 176 valence electrons. The third-order valence-electron chi connectivity index (χ3n) is 5.40. The third-order valence-corrected chi connectivity index (χ3v) is 5.61. The fourth-order valence-electron chi connectivity index (χ4n) is 3.99. The number of nitrogens with one attached hydrogen (secondary N) is 2. The van der Waals surface area contributed by atoms with E-state index in [1.54, 1.807) is 13.0 Å². The van der Waals surface area contributed by atoms with E-state index in [2.05, 4.69) is 30.2 Å². The summed E-state index contributed by atoms with van der Waals surface area (Å²) < 4.78 is 56.5. The molecular weight excluding hydrogens is 484 g/mol. The van der Waals surface area contributed by atoms with Crippen LogP contribution in [-0.4, -0.2) is 24.9 Å². The SMILES string of the molecule is CC(Nc1ncnc2[nH]cnc12)c1cc(Cl)cc(-c2cc(F)nc(F)c2)c1-c1cc(F)cc(F)c1. The van der Waals surface area contributed by atoms with Crippen molar-refractivity contribution in [3.8, 4) is 22.3 Å². The van der Waals surface area contributed by atoms with Gasteiger partial charge in [-0.05, 0) is 59.0 Å². The van der Waals surface area contributed by atoms with E-state index in [1.807, 2.05) is 0 Å². The predicted octanol–water partition coefficient (Wildman–Crippen LogP) is 6.46. The lowest BCUT2D eigenvalue weighted by Gasteiger charge is -2.22. The predicted molar refractivity (Wildman–Crippen MR) is 124 cm³/mol. The smallest absolute Gasteiger partial charge is 0.216 e. The number of benzene rings is 2. The minimum Gasteiger partial charge on any atom is -0.362 e. The Morgan fingerprint density at radius 3 is 2.29 bits per heavy atom. The molecule has 0 radical (unpaired) electrons. The summed E-state index contributed by atoms with van der Waals surface area (Å²) in [5, 5.41) is 3.46. The highest BCUT2D eigenvalue weighted by molar-refractivity contribution is 6.31. The Kier molecular flexibility index (Phi) is 5.81. The van der Waals surface area contributed by atoms with Crippen LogP contribution >= 0.6 is 11.6 Å². The molecule has 5 rings (SSSR count). The Bertz CT molecular complexity index is 1530. The van der Waals surface area contributed by atoms with Crippen molar-refractivity contribution in [3.05, 3.63) is 89.2 Å². The van der Waals surface area contributed by atoms with E-state index in [-0.39, 0.29) is 21.7 Å². The van der Waals surface area contributed by atoms with Crippen molar-refractivity contribution in [3.63, 3.8) is 0 Å². The Morgan fingerprint density at radius 2 is 1.57 bits per heavy atom. The summed E-state index contributed by atoms with van der Waals surface area (Å²) in [4.78, 5) is 18.6. The van der Waals surface area contributed by atoms with Gasteiger partial charge in [0, 0.05) is 23.2 Å². The lowest BCUT2D eigenvalue weighted by Crippen LogP contribution is -2.11. The maximum Gasteiger partial charge on any atom is 0.216 e. The highest BCUT2D eigenvalue weighted by Crippen LogP contribution is 2.41. The number of anilines is 1. The number of nitrogens with zero attached hydrogens (tertiary/aromatic N) is 4. The van der Waals surface area contributed by atoms with E-state index in [1.165, 1.54) is 18.7 Å². The van der Waals surface area contributed by atoms with Crippen LogP contribution in [0.15, 0.2) is 55.1 Å². The normalized spacial score (nSPS) is 12.2. The van der Waals surface area contributed by atoms with Crippen LogP contribution in [0.25, 0.3) is 33.4 Å². The Hall–Kier alpha value is -4.05. The molecule has 5 aromatic rings. The van der Waals surface area contributed by atoms with Gasteiger partial charge in [-0.3, -0.25) is 0 Å². The number of imidazole rings is 1. The highest BCUT2D eigenvalue weighted by atomic mass is 35.5. The number of halogens is 5. The van der Waals surface area contributed by atoms with Gasteiger partial charge >= 0.3 is 0 Å². The molecule has 3 aromatic heterocycles. The second-order valence-corrected chi connectivity index (χ2v) is 8.20. The molecule has 0 aliphatic heterocycles.